The van der Waals surface area contributed by atoms with Gasteiger partial charge in [0.25, 0.3) is 0 Å². The molecule has 0 aliphatic heterocycles. The minimum atomic E-state index is -0.0648. The Bertz CT molecular complexity index is 502. The van der Waals surface area contributed by atoms with Crippen LogP contribution in [-0.4, -0.2) is 10.8 Å². The molecule has 2 N–H and O–H groups in total. The molecular formula is C11H12N2O2S. The van der Waals surface area contributed by atoms with E-state index in [0.717, 1.165) is 10.7 Å². The maximum absolute atomic E-state index is 11.8. The largest absolute Gasteiger partial charge is 0.457 e. The molecule has 0 aliphatic rings. The third-order valence-electron chi connectivity index (χ3n) is 2.15. The first-order valence-corrected chi connectivity index (χ1v) is 5.80. The van der Waals surface area contributed by atoms with Crippen molar-refractivity contribution in [1.82, 2.24) is 4.98 Å². The number of nitrogens with two attached hydrogens (primary N) is 1. The van der Waals surface area contributed by atoms with E-state index < -0.39 is 0 Å². The number of furan rings is 1. The van der Waals surface area contributed by atoms with Crippen molar-refractivity contribution in [3.8, 4) is 0 Å². The number of nitrogens with zero attached hydrogens (tertiary/aromatic N) is 1. The average molecular weight is 236 g/mol. The van der Waals surface area contributed by atoms with E-state index in [1.165, 1.54) is 11.3 Å². The number of thiazole rings is 1. The van der Waals surface area contributed by atoms with Crippen molar-refractivity contribution < 1.29 is 9.21 Å². The summed E-state index contributed by atoms with van der Waals surface area (Å²) in [5.41, 5.74) is 6.19. The highest BCUT2D eigenvalue weighted by Crippen LogP contribution is 2.13. The Morgan fingerprint density at radius 1 is 1.56 bits per heavy atom. The van der Waals surface area contributed by atoms with E-state index in [2.05, 4.69) is 4.98 Å². The monoisotopic (exact) mass is 236 g/mol. The maximum Gasteiger partial charge on any atom is 0.203 e. The smallest absolute Gasteiger partial charge is 0.203 e. The number of carbonyl (C=O) groups is 1. The molecule has 0 fully saturated rings. The Hall–Kier alpha value is -1.46. The molecule has 0 radical (unpaired) electrons. The molecule has 2 rings (SSSR count). The summed E-state index contributed by atoms with van der Waals surface area (Å²) in [6.07, 6.45) is 0.280. The van der Waals surface area contributed by atoms with Crippen LogP contribution >= 0.6 is 11.3 Å². The van der Waals surface area contributed by atoms with Gasteiger partial charge in [-0.15, -0.1) is 11.3 Å². The molecule has 2 aromatic rings. The molecule has 16 heavy (non-hydrogen) atoms. The van der Waals surface area contributed by atoms with Gasteiger partial charge in [-0.05, 0) is 19.1 Å². The minimum Gasteiger partial charge on any atom is -0.457 e. The summed E-state index contributed by atoms with van der Waals surface area (Å²) in [5.74, 6) is 0.911. The van der Waals surface area contributed by atoms with Gasteiger partial charge in [-0.25, -0.2) is 4.98 Å². The lowest BCUT2D eigenvalue weighted by Gasteiger charge is -1.94. The van der Waals surface area contributed by atoms with Gasteiger partial charge in [-0.1, -0.05) is 0 Å². The van der Waals surface area contributed by atoms with Crippen LogP contribution < -0.4 is 5.73 Å². The quantitative estimate of drug-likeness (QED) is 0.823. The van der Waals surface area contributed by atoms with Crippen molar-refractivity contribution in [2.24, 2.45) is 5.73 Å². The summed E-state index contributed by atoms with van der Waals surface area (Å²) >= 11 is 1.54. The van der Waals surface area contributed by atoms with E-state index in [-0.39, 0.29) is 12.2 Å². The summed E-state index contributed by atoms with van der Waals surface area (Å²) in [5, 5.41) is 2.85. The lowest BCUT2D eigenvalue weighted by molar-refractivity contribution is 0.0964. The zero-order valence-electron chi connectivity index (χ0n) is 8.90. The Morgan fingerprint density at radius 2 is 2.38 bits per heavy atom. The Kier molecular flexibility index (Phi) is 3.17. The van der Waals surface area contributed by atoms with Gasteiger partial charge in [0.05, 0.1) is 23.7 Å². The van der Waals surface area contributed by atoms with Crippen LogP contribution in [0.25, 0.3) is 0 Å². The summed E-state index contributed by atoms with van der Waals surface area (Å²) in [7, 11) is 0. The number of rotatable bonds is 4. The number of aryl methyl sites for hydroxylation is 1. The molecule has 2 heterocycles. The van der Waals surface area contributed by atoms with Gasteiger partial charge in [0.2, 0.25) is 5.78 Å². The first-order chi connectivity index (χ1) is 7.69. The van der Waals surface area contributed by atoms with Crippen molar-refractivity contribution >= 4 is 17.1 Å². The predicted octanol–water partition coefficient (Wildman–Crippen LogP) is 1.93. The Balaban J connectivity index is 2.08. The van der Waals surface area contributed by atoms with Gasteiger partial charge >= 0.3 is 0 Å². The van der Waals surface area contributed by atoms with Crippen LogP contribution in [-0.2, 0) is 13.0 Å². The molecule has 0 saturated heterocycles. The van der Waals surface area contributed by atoms with Crippen molar-refractivity contribution in [2.75, 3.05) is 0 Å². The van der Waals surface area contributed by atoms with Crippen LogP contribution in [0.4, 0.5) is 0 Å². The molecule has 0 atom stereocenters. The second-order valence-electron chi connectivity index (χ2n) is 3.43. The normalized spacial score (nSPS) is 10.6. The average Bonchev–Trinajstić information content (AvgIpc) is 2.87. The van der Waals surface area contributed by atoms with Crippen molar-refractivity contribution in [1.29, 1.82) is 0 Å². The third-order valence-corrected chi connectivity index (χ3v) is 2.97. The molecule has 2 aromatic heterocycles. The zero-order chi connectivity index (χ0) is 11.5. The molecule has 0 amide bonds. The van der Waals surface area contributed by atoms with Crippen LogP contribution in [0.2, 0.25) is 0 Å². The van der Waals surface area contributed by atoms with E-state index in [0.29, 0.717) is 18.1 Å². The topological polar surface area (TPSA) is 69.1 Å². The van der Waals surface area contributed by atoms with Gasteiger partial charge in [-0.2, -0.15) is 0 Å². The Labute approximate surface area is 97.1 Å². The molecular weight excluding hydrogens is 224 g/mol. The SMILES string of the molecule is Cc1nc(CC(=O)c2ccc(CN)o2)cs1. The Morgan fingerprint density at radius 3 is 2.94 bits per heavy atom. The van der Waals surface area contributed by atoms with E-state index in [4.69, 9.17) is 10.2 Å². The molecule has 0 aliphatic carbocycles. The van der Waals surface area contributed by atoms with Gasteiger partial charge in [0.15, 0.2) is 5.76 Å². The molecule has 0 unspecified atom stereocenters. The number of hydrogen-bond acceptors (Lipinski definition) is 5. The van der Waals surface area contributed by atoms with Crippen molar-refractivity contribution in [3.63, 3.8) is 0 Å². The number of hydrogen-bond donors (Lipinski definition) is 1. The lowest BCUT2D eigenvalue weighted by atomic mass is 10.2. The standard InChI is InChI=1S/C11H12N2O2S/c1-7-13-8(6-16-7)4-10(14)11-3-2-9(5-12)15-11/h2-3,6H,4-5,12H2,1H3. The fourth-order valence-corrected chi connectivity index (χ4v) is 1.99. The maximum atomic E-state index is 11.8. The molecule has 0 aromatic carbocycles. The number of ketones is 1. The minimum absolute atomic E-state index is 0.0648. The zero-order valence-corrected chi connectivity index (χ0v) is 9.71. The molecule has 0 saturated carbocycles. The highest BCUT2D eigenvalue weighted by molar-refractivity contribution is 7.09. The number of aromatic nitrogens is 1. The van der Waals surface area contributed by atoms with Gasteiger partial charge in [0.1, 0.15) is 5.76 Å². The number of carbonyl (C=O) groups excluding carboxylic acids is 1. The van der Waals surface area contributed by atoms with Gasteiger partial charge in [-0.3, -0.25) is 4.79 Å². The summed E-state index contributed by atoms with van der Waals surface area (Å²) in [4.78, 5) is 16.0. The van der Waals surface area contributed by atoms with Crippen LogP contribution in [0, 0.1) is 6.92 Å². The highest BCUT2D eigenvalue weighted by Gasteiger charge is 2.13. The highest BCUT2D eigenvalue weighted by atomic mass is 32.1. The van der Waals surface area contributed by atoms with Crippen LogP contribution in [0.3, 0.4) is 0 Å². The number of Topliss-reactive ketones (excluding diaryl/α,β-unsaturated/α-hetero) is 1. The predicted molar refractivity (Wildman–Crippen MR) is 61.5 cm³/mol. The van der Waals surface area contributed by atoms with E-state index in [1.54, 1.807) is 12.1 Å². The molecule has 84 valence electrons. The van der Waals surface area contributed by atoms with E-state index >= 15 is 0 Å². The van der Waals surface area contributed by atoms with Crippen LogP contribution in [0.15, 0.2) is 21.9 Å². The van der Waals surface area contributed by atoms with Crippen LogP contribution in [0.5, 0.6) is 0 Å². The lowest BCUT2D eigenvalue weighted by Crippen LogP contribution is -2.02. The van der Waals surface area contributed by atoms with E-state index in [1.807, 2.05) is 12.3 Å². The molecule has 0 bridgehead atoms. The fraction of sp³-hybridized carbons (Fsp3) is 0.273. The fourth-order valence-electron chi connectivity index (χ4n) is 1.38. The van der Waals surface area contributed by atoms with Crippen LogP contribution in [0.1, 0.15) is 27.0 Å². The van der Waals surface area contributed by atoms with Gasteiger partial charge < -0.3 is 10.2 Å². The van der Waals surface area contributed by atoms with Crippen molar-refractivity contribution in [3.05, 3.63) is 39.7 Å². The second kappa shape index (κ2) is 4.59. The molecule has 5 heteroatoms. The summed E-state index contributed by atoms with van der Waals surface area (Å²) in [6, 6.07) is 3.38. The summed E-state index contributed by atoms with van der Waals surface area (Å²) in [6.45, 7) is 2.22. The van der Waals surface area contributed by atoms with Crippen molar-refractivity contribution in [2.45, 2.75) is 19.9 Å². The molecule has 0 spiro atoms. The van der Waals surface area contributed by atoms with Gasteiger partial charge in [0, 0.05) is 5.38 Å². The summed E-state index contributed by atoms with van der Waals surface area (Å²) < 4.78 is 5.27. The first-order valence-electron chi connectivity index (χ1n) is 4.92. The second-order valence-corrected chi connectivity index (χ2v) is 4.49. The molecule has 4 nitrogen and oxygen atoms in total. The first kappa shape index (κ1) is 11.0. The third kappa shape index (κ3) is 2.37. The van der Waals surface area contributed by atoms with E-state index in [9.17, 15) is 4.79 Å².